The largest absolute Gasteiger partial charge is 0.472 e. The SMILES string of the molecule is CCC(C)CCCCCCCCCCCCCCCCCCCCC(=O)OC[C@H](COP(=O)(O)OC[C@@H](O)COP(=O)(O)OC[C@@H](COC(=O)CCCCCCCCCCC(C)CC)OC(=O)CCCCCCCCCCC(C)CC)OC(=O)CCCCCCCCCCCCCCCCCCCCC(C)CC. The predicted molar refractivity (Wildman–Crippen MR) is 446 cm³/mol. The van der Waals surface area contributed by atoms with Gasteiger partial charge in [0.2, 0.25) is 0 Å². The number of phosphoric ester groups is 2. The van der Waals surface area contributed by atoms with Crippen LogP contribution in [-0.4, -0.2) is 96.7 Å². The lowest BCUT2D eigenvalue weighted by molar-refractivity contribution is -0.161. The van der Waals surface area contributed by atoms with E-state index in [-0.39, 0.29) is 25.7 Å². The average molecular weight is 1580 g/mol. The van der Waals surface area contributed by atoms with Gasteiger partial charge in [0.1, 0.15) is 19.3 Å². The predicted octanol–water partition coefficient (Wildman–Crippen LogP) is 27.1. The normalized spacial score (nSPS) is 14.9. The van der Waals surface area contributed by atoms with Crippen LogP contribution in [0.1, 0.15) is 466 Å². The molecule has 0 heterocycles. The molecular formula is C89H174O17P2. The number of esters is 4. The van der Waals surface area contributed by atoms with Gasteiger partial charge in [0, 0.05) is 25.7 Å². The van der Waals surface area contributed by atoms with Crippen LogP contribution in [0.5, 0.6) is 0 Å². The van der Waals surface area contributed by atoms with Crippen LogP contribution in [0.2, 0.25) is 0 Å². The lowest BCUT2D eigenvalue weighted by Crippen LogP contribution is -2.30. The molecule has 0 saturated heterocycles. The van der Waals surface area contributed by atoms with E-state index in [0.29, 0.717) is 25.7 Å². The third-order valence-electron chi connectivity index (χ3n) is 22.3. The van der Waals surface area contributed by atoms with Crippen molar-refractivity contribution in [2.24, 2.45) is 23.7 Å². The molecule has 0 aliphatic carbocycles. The van der Waals surface area contributed by atoms with Crippen molar-refractivity contribution in [2.75, 3.05) is 39.6 Å². The molecule has 0 bridgehead atoms. The molecule has 0 saturated carbocycles. The van der Waals surface area contributed by atoms with Crippen molar-refractivity contribution in [1.82, 2.24) is 0 Å². The number of hydrogen-bond acceptors (Lipinski definition) is 15. The summed E-state index contributed by atoms with van der Waals surface area (Å²) >= 11 is 0. The number of aliphatic hydroxyl groups is 1. The van der Waals surface area contributed by atoms with E-state index in [1.54, 1.807) is 0 Å². The maximum Gasteiger partial charge on any atom is 0.472 e. The number of carbonyl (C=O) groups is 4. The number of phosphoric acid groups is 2. The fourth-order valence-electron chi connectivity index (χ4n) is 13.7. The van der Waals surface area contributed by atoms with E-state index in [2.05, 4.69) is 55.4 Å². The molecule has 0 amide bonds. The van der Waals surface area contributed by atoms with Crippen LogP contribution in [0.3, 0.4) is 0 Å². The van der Waals surface area contributed by atoms with Gasteiger partial charge >= 0.3 is 39.5 Å². The zero-order valence-corrected chi connectivity index (χ0v) is 73.3. The Morgan fingerprint density at radius 1 is 0.250 bits per heavy atom. The molecule has 0 rings (SSSR count). The monoisotopic (exact) mass is 1580 g/mol. The molecule has 0 fully saturated rings. The van der Waals surface area contributed by atoms with Crippen molar-refractivity contribution in [3.05, 3.63) is 0 Å². The highest BCUT2D eigenvalue weighted by atomic mass is 31.2. The zero-order chi connectivity index (χ0) is 79.5. The topological polar surface area (TPSA) is 237 Å². The van der Waals surface area contributed by atoms with Gasteiger partial charge in [-0.25, -0.2) is 9.13 Å². The lowest BCUT2D eigenvalue weighted by Gasteiger charge is -2.21. The van der Waals surface area contributed by atoms with Crippen LogP contribution < -0.4 is 0 Å². The van der Waals surface area contributed by atoms with Crippen molar-refractivity contribution < 1.29 is 80.2 Å². The smallest absolute Gasteiger partial charge is 0.462 e. The number of carbonyl (C=O) groups excluding carboxylic acids is 4. The van der Waals surface area contributed by atoms with Gasteiger partial charge in [-0.15, -0.1) is 0 Å². The van der Waals surface area contributed by atoms with E-state index in [4.69, 9.17) is 37.0 Å². The van der Waals surface area contributed by atoms with Gasteiger partial charge in [0.25, 0.3) is 0 Å². The number of ether oxygens (including phenoxy) is 4. The summed E-state index contributed by atoms with van der Waals surface area (Å²) in [6.07, 6.45) is 68.0. The van der Waals surface area contributed by atoms with Crippen LogP contribution in [0.15, 0.2) is 0 Å². The number of unbranched alkanes of at least 4 members (excludes halogenated alkanes) is 48. The van der Waals surface area contributed by atoms with Crippen molar-refractivity contribution >= 4 is 39.5 Å². The summed E-state index contributed by atoms with van der Waals surface area (Å²) in [5.41, 5.74) is 0. The van der Waals surface area contributed by atoms with E-state index in [9.17, 15) is 43.2 Å². The Morgan fingerprint density at radius 2 is 0.417 bits per heavy atom. The molecule has 0 radical (unpaired) electrons. The van der Waals surface area contributed by atoms with Crippen LogP contribution in [0.4, 0.5) is 0 Å². The maximum absolute atomic E-state index is 13.2. The second-order valence-electron chi connectivity index (χ2n) is 33.0. The minimum Gasteiger partial charge on any atom is -0.462 e. The Bertz CT molecular complexity index is 2100. The Morgan fingerprint density at radius 3 is 0.611 bits per heavy atom. The van der Waals surface area contributed by atoms with E-state index >= 15 is 0 Å². The summed E-state index contributed by atoms with van der Waals surface area (Å²) in [7, 11) is -9.93. The molecule has 0 aromatic carbocycles. The number of aliphatic hydroxyl groups excluding tert-OH is 1. The quantitative estimate of drug-likeness (QED) is 0.0222. The molecule has 17 nitrogen and oxygen atoms in total. The summed E-state index contributed by atoms with van der Waals surface area (Å²) < 4.78 is 69.0. The van der Waals surface area contributed by atoms with Crippen LogP contribution in [-0.2, 0) is 65.4 Å². The van der Waals surface area contributed by atoms with Crippen LogP contribution in [0, 0.1) is 23.7 Å². The Hall–Kier alpha value is -1.94. The van der Waals surface area contributed by atoms with Gasteiger partial charge in [-0.3, -0.25) is 37.3 Å². The first-order valence-electron chi connectivity index (χ1n) is 45.9. The second-order valence-corrected chi connectivity index (χ2v) is 35.9. The highest BCUT2D eigenvalue weighted by Crippen LogP contribution is 2.45. The third kappa shape index (κ3) is 76.7. The molecule has 3 N–H and O–H groups in total. The van der Waals surface area contributed by atoms with Gasteiger partial charge < -0.3 is 33.8 Å². The Labute approximate surface area is 664 Å². The molecule has 9 atom stereocenters. The zero-order valence-electron chi connectivity index (χ0n) is 71.5. The molecule has 0 aromatic heterocycles. The maximum atomic E-state index is 13.2. The average Bonchev–Trinajstić information content (AvgIpc) is 0.897. The number of hydrogen-bond donors (Lipinski definition) is 3. The minimum atomic E-state index is -4.97. The van der Waals surface area contributed by atoms with E-state index in [1.807, 2.05) is 0 Å². The summed E-state index contributed by atoms with van der Waals surface area (Å²) in [5, 5.41) is 10.7. The molecule has 19 heteroatoms. The van der Waals surface area contributed by atoms with Crippen molar-refractivity contribution in [3.8, 4) is 0 Å². The van der Waals surface area contributed by atoms with Crippen LogP contribution in [0.25, 0.3) is 0 Å². The highest BCUT2D eigenvalue weighted by Gasteiger charge is 2.31. The summed E-state index contributed by atoms with van der Waals surface area (Å²) in [4.78, 5) is 73.3. The van der Waals surface area contributed by atoms with Gasteiger partial charge in [-0.1, -0.05) is 415 Å². The van der Waals surface area contributed by atoms with Crippen molar-refractivity contribution in [2.45, 2.75) is 485 Å². The molecule has 6 unspecified atom stereocenters. The van der Waals surface area contributed by atoms with Gasteiger partial charge in [0.05, 0.1) is 26.4 Å². The lowest BCUT2D eigenvalue weighted by atomic mass is 9.99. The first-order valence-corrected chi connectivity index (χ1v) is 48.8. The molecule has 0 aliphatic rings. The van der Waals surface area contributed by atoms with Crippen molar-refractivity contribution in [3.63, 3.8) is 0 Å². The van der Waals surface area contributed by atoms with E-state index < -0.39 is 97.5 Å². The number of rotatable bonds is 86. The first-order chi connectivity index (χ1) is 52.2. The molecular weight excluding hydrogens is 1400 g/mol. The van der Waals surface area contributed by atoms with Gasteiger partial charge in [0.15, 0.2) is 12.2 Å². The molecule has 108 heavy (non-hydrogen) atoms. The summed E-state index contributed by atoms with van der Waals surface area (Å²) in [6.45, 7) is 14.4. The van der Waals surface area contributed by atoms with Crippen molar-refractivity contribution in [1.29, 1.82) is 0 Å². The summed E-state index contributed by atoms with van der Waals surface area (Å²) in [5.74, 6) is 1.18. The second kappa shape index (κ2) is 77.6. The fraction of sp³-hybridized carbons (Fsp3) is 0.955. The fourth-order valence-corrected chi connectivity index (χ4v) is 15.3. The molecule has 642 valence electrons. The van der Waals surface area contributed by atoms with E-state index in [1.165, 1.54) is 270 Å². The molecule has 0 aromatic rings. The third-order valence-corrected chi connectivity index (χ3v) is 24.2. The minimum absolute atomic E-state index is 0.105. The van der Waals surface area contributed by atoms with E-state index in [0.717, 1.165) is 114 Å². The Balaban J connectivity index is 5.22. The van der Waals surface area contributed by atoms with Gasteiger partial charge in [-0.05, 0) is 49.4 Å². The standard InChI is InChI=1S/C89H174O17P2/c1-9-79(5)65-57-49-41-33-29-25-21-17-13-15-19-23-27-31-35-45-53-61-69-86(91)99-75-84(105-88(93)71-63-55-47-36-32-28-24-20-16-14-18-22-26-30-34-42-50-58-66-80(6)10-2)77-103-107(95,96)101-73-83(90)74-102-108(97,98)104-78-85(106-89(94)72-64-56-48-40-38-44-52-60-68-82(8)12-4)76-100-87(92)70-62-54-46-39-37-43-51-59-67-81(7)11-3/h79-85,90H,9-78H2,1-8H3,(H,95,96)(H,97,98)/t79?,80?,81?,82?,83-,84-,85-/m1/s1. The molecule has 0 spiro atoms. The van der Waals surface area contributed by atoms with Gasteiger partial charge in [-0.2, -0.15) is 0 Å². The Kier molecular flexibility index (Phi) is 76.2. The first kappa shape index (κ1) is 106. The van der Waals surface area contributed by atoms with Crippen LogP contribution >= 0.6 is 15.6 Å². The highest BCUT2D eigenvalue weighted by molar-refractivity contribution is 7.47. The summed E-state index contributed by atoms with van der Waals surface area (Å²) in [6, 6.07) is 0. The molecule has 0 aliphatic heterocycles.